The van der Waals surface area contributed by atoms with E-state index < -0.39 is 0 Å². The lowest BCUT2D eigenvalue weighted by molar-refractivity contribution is 0.575. The summed E-state index contributed by atoms with van der Waals surface area (Å²) in [6.45, 7) is 0. The Labute approximate surface area is 116 Å². The molecule has 3 aromatic rings. The normalized spacial score (nSPS) is 12.7. The number of thiophene rings is 1. The lowest BCUT2D eigenvalue weighted by Crippen LogP contribution is -2.20. The van der Waals surface area contributed by atoms with Crippen LogP contribution >= 0.6 is 11.3 Å². The molecule has 1 atom stereocenters. The molecule has 0 radical (unpaired) electrons. The van der Waals surface area contributed by atoms with Crippen molar-refractivity contribution in [1.29, 1.82) is 0 Å². The monoisotopic (exact) mass is 269 g/mol. The van der Waals surface area contributed by atoms with E-state index in [4.69, 9.17) is 0 Å². The number of benzene rings is 1. The van der Waals surface area contributed by atoms with Crippen molar-refractivity contribution in [3.8, 4) is 0 Å². The van der Waals surface area contributed by atoms with E-state index in [0.717, 1.165) is 12.1 Å². The molecule has 2 heterocycles. The highest BCUT2D eigenvalue weighted by molar-refractivity contribution is 7.17. The Balaban J connectivity index is 1.91. The van der Waals surface area contributed by atoms with Crippen LogP contribution in [-0.4, -0.2) is 17.0 Å². The zero-order valence-corrected chi connectivity index (χ0v) is 11.5. The Hall–Kier alpha value is -1.78. The van der Waals surface area contributed by atoms with E-state index >= 15 is 0 Å². The van der Waals surface area contributed by atoms with Gasteiger partial charge in [0.15, 0.2) is 0 Å². The van der Waals surface area contributed by atoms with Crippen LogP contribution in [0.5, 0.6) is 0 Å². The van der Waals surface area contributed by atoms with Crippen molar-refractivity contribution in [2.75, 3.05) is 7.05 Å². The van der Waals surface area contributed by atoms with Crippen LogP contribution in [0.2, 0.25) is 0 Å². The molecule has 3 rings (SSSR count). The smallest absolute Gasteiger partial charge is 0.0759 e. The van der Waals surface area contributed by atoms with Gasteiger partial charge in [-0.25, -0.2) is 0 Å². The van der Waals surface area contributed by atoms with Crippen molar-refractivity contribution in [2.24, 2.45) is 0 Å². The van der Waals surface area contributed by atoms with E-state index in [9.17, 15) is 0 Å². The highest BCUT2D eigenvalue weighted by Crippen LogP contribution is 2.28. The van der Waals surface area contributed by atoms with E-state index in [2.05, 4.69) is 44.9 Å². The highest BCUT2D eigenvalue weighted by Gasteiger charge is 2.14. The van der Waals surface area contributed by atoms with Crippen molar-refractivity contribution < 1.29 is 0 Å². The molecule has 0 spiro atoms. The molecule has 1 unspecified atom stereocenters. The number of likely N-dealkylation sites (N-methyl/N-ethyl adjacent to an activating group) is 1. The first-order valence-electron chi connectivity index (χ1n) is 6.27. The minimum atomic E-state index is 0.201. The summed E-state index contributed by atoms with van der Waals surface area (Å²) in [6.07, 6.45) is 6.20. The van der Waals surface area contributed by atoms with Crippen LogP contribution in [-0.2, 0) is 6.42 Å². The summed E-state index contributed by atoms with van der Waals surface area (Å²) < 4.78 is 1.34. The number of fused-ring (bicyclic) bond motifs is 1. The Morgan fingerprint density at radius 3 is 2.95 bits per heavy atom. The van der Waals surface area contributed by atoms with Crippen molar-refractivity contribution in [3.63, 3.8) is 0 Å². The van der Waals surface area contributed by atoms with Gasteiger partial charge in [-0.3, -0.25) is 9.97 Å². The Bertz CT molecular complexity index is 663. The van der Waals surface area contributed by atoms with Crippen LogP contribution in [0.3, 0.4) is 0 Å². The third-order valence-electron chi connectivity index (χ3n) is 3.27. The van der Waals surface area contributed by atoms with E-state index in [0.29, 0.717) is 0 Å². The number of rotatable bonds is 4. The van der Waals surface area contributed by atoms with E-state index in [-0.39, 0.29) is 6.04 Å². The van der Waals surface area contributed by atoms with Crippen molar-refractivity contribution in [1.82, 2.24) is 15.3 Å². The summed E-state index contributed by atoms with van der Waals surface area (Å²) in [5.41, 5.74) is 2.35. The molecule has 19 heavy (non-hydrogen) atoms. The van der Waals surface area contributed by atoms with Crippen LogP contribution in [0.25, 0.3) is 10.1 Å². The quantitative estimate of drug-likeness (QED) is 0.790. The Kier molecular flexibility index (Phi) is 3.53. The Morgan fingerprint density at radius 1 is 1.26 bits per heavy atom. The lowest BCUT2D eigenvalue weighted by Gasteiger charge is -2.14. The molecule has 4 heteroatoms. The van der Waals surface area contributed by atoms with Gasteiger partial charge in [0.1, 0.15) is 0 Å². The van der Waals surface area contributed by atoms with Gasteiger partial charge in [-0.05, 0) is 35.9 Å². The first kappa shape index (κ1) is 12.3. The molecule has 1 aromatic carbocycles. The molecule has 2 aromatic heterocycles. The third-order valence-corrected chi connectivity index (χ3v) is 4.29. The predicted molar refractivity (Wildman–Crippen MR) is 79.4 cm³/mol. The average Bonchev–Trinajstić information content (AvgIpc) is 2.89. The van der Waals surface area contributed by atoms with E-state index in [1.807, 2.05) is 13.2 Å². The maximum Gasteiger partial charge on any atom is 0.0759 e. The molecule has 0 aliphatic rings. The second kappa shape index (κ2) is 5.47. The van der Waals surface area contributed by atoms with Crippen molar-refractivity contribution >= 4 is 21.4 Å². The lowest BCUT2D eigenvalue weighted by atomic mass is 10.0. The number of nitrogens with one attached hydrogen (secondary N) is 1. The summed E-state index contributed by atoms with van der Waals surface area (Å²) in [5, 5.41) is 6.91. The molecule has 0 aliphatic heterocycles. The first-order valence-corrected chi connectivity index (χ1v) is 7.14. The molecule has 0 saturated carbocycles. The van der Waals surface area contributed by atoms with Gasteiger partial charge < -0.3 is 5.32 Å². The molecular formula is C15H15N3S. The van der Waals surface area contributed by atoms with Crippen molar-refractivity contribution in [3.05, 3.63) is 59.5 Å². The van der Waals surface area contributed by atoms with Crippen LogP contribution < -0.4 is 5.32 Å². The van der Waals surface area contributed by atoms with Crippen LogP contribution in [0.1, 0.15) is 17.3 Å². The summed E-state index contributed by atoms with van der Waals surface area (Å²) in [4.78, 5) is 8.53. The van der Waals surface area contributed by atoms with E-state index in [1.165, 1.54) is 15.6 Å². The standard InChI is InChI=1S/C15H15N3S/c1-16-13(14-9-17-6-7-18-14)8-11-10-19-15-5-3-2-4-12(11)15/h2-7,9-10,13,16H,8H2,1H3. The van der Waals surface area contributed by atoms with Gasteiger partial charge in [0.25, 0.3) is 0 Å². The zero-order valence-electron chi connectivity index (χ0n) is 10.7. The number of hydrogen-bond acceptors (Lipinski definition) is 4. The summed E-state index contributed by atoms with van der Waals surface area (Å²) in [7, 11) is 1.97. The highest BCUT2D eigenvalue weighted by atomic mass is 32.1. The second-order valence-electron chi connectivity index (χ2n) is 4.43. The van der Waals surface area contributed by atoms with Gasteiger partial charge in [-0.15, -0.1) is 11.3 Å². The predicted octanol–water partition coefficient (Wildman–Crippen LogP) is 3.19. The fraction of sp³-hybridized carbons (Fsp3) is 0.200. The molecule has 1 N–H and O–H groups in total. The topological polar surface area (TPSA) is 37.8 Å². The van der Waals surface area contributed by atoms with Crippen LogP contribution in [0.4, 0.5) is 0 Å². The maximum absolute atomic E-state index is 4.39. The fourth-order valence-electron chi connectivity index (χ4n) is 2.26. The molecule has 3 nitrogen and oxygen atoms in total. The molecule has 96 valence electrons. The molecule has 0 fully saturated rings. The summed E-state index contributed by atoms with van der Waals surface area (Å²) in [5.74, 6) is 0. The minimum Gasteiger partial charge on any atom is -0.311 e. The summed E-state index contributed by atoms with van der Waals surface area (Å²) in [6, 6.07) is 8.73. The van der Waals surface area contributed by atoms with Gasteiger partial charge in [0.05, 0.1) is 11.7 Å². The van der Waals surface area contributed by atoms with E-state index in [1.54, 1.807) is 23.7 Å². The molecular weight excluding hydrogens is 254 g/mol. The van der Waals surface area contributed by atoms with Crippen LogP contribution in [0, 0.1) is 0 Å². The number of hydrogen-bond donors (Lipinski definition) is 1. The van der Waals surface area contributed by atoms with Gasteiger partial charge in [0.2, 0.25) is 0 Å². The largest absolute Gasteiger partial charge is 0.311 e. The fourth-order valence-corrected chi connectivity index (χ4v) is 3.23. The summed E-state index contributed by atoms with van der Waals surface area (Å²) >= 11 is 1.80. The van der Waals surface area contributed by atoms with Gasteiger partial charge in [-0.2, -0.15) is 0 Å². The number of nitrogens with zero attached hydrogens (tertiary/aromatic N) is 2. The van der Waals surface area contributed by atoms with Gasteiger partial charge in [0, 0.05) is 23.3 Å². The van der Waals surface area contributed by atoms with Crippen LogP contribution in [0.15, 0.2) is 48.2 Å². The van der Waals surface area contributed by atoms with Gasteiger partial charge in [-0.1, -0.05) is 18.2 Å². The molecule has 0 bridgehead atoms. The Morgan fingerprint density at radius 2 is 2.16 bits per heavy atom. The van der Waals surface area contributed by atoms with Crippen molar-refractivity contribution in [2.45, 2.75) is 12.5 Å². The third kappa shape index (κ3) is 2.50. The molecule has 0 saturated heterocycles. The van der Waals surface area contributed by atoms with Gasteiger partial charge >= 0.3 is 0 Å². The molecule has 0 amide bonds. The zero-order chi connectivity index (χ0) is 13.1. The molecule has 0 aliphatic carbocycles. The second-order valence-corrected chi connectivity index (χ2v) is 5.34. The number of aromatic nitrogens is 2. The average molecular weight is 269 g/mol. The SMILES string of the molecule is CNC(Cc1csc2ccccc12)c1cnccn1. The first-order chi connectivity index (χ1) is 9.38. The maximum atomic E-state index is 4.39. The minimum absolute atomic E-state index is 0.201.